The quantitative estimate of drug-likeness (QED) is 0.321. The zero-order valence-corrected chi connectivity index (χ0v) is 23.6. The first-order valence-corrected chi connectivity index (χ1v) is 14.7. The van der Waals surface area contributed by atoms with Crippen molar-refractivity contribution in [2.45, 2.75) is 51.5 Å². The van der Waals surface area contributed by atoms with Gasteiger partial charge in [-0.3, -0.25) is 4.79 Å². The van der Waals surface area contributed by atoms with Gasteiger partial charge in [0.1, 0.15) is 23.8 Å². The van der Waals surface area contributed by atoms with E-state index in [1.54, 1.807) is 12.3 Å². The molecule has 5 heterocycles. The van der Waals surface area contributed by atoms with Crippen LogP contribution in [0.4, 0.5) is 17.3 Å². The van der Waals surface area contributed by atoms with Gasteiger partial charge in [-0.2, -0.15) is 0 Å². The minimum atomic E-state index is -0.138. The molecule has 0 spiro atoms. The molecule has 2 N–H and O–H groups in total. The molecule has 11 nitrogen and oxygen atoms in total. The number of hydrogen-bond acceptors (Lipinski definition) is 9. The Labute approximate surface area is 239 Å². The highest BCUT2D eigenvalue weighted by Gasteiger charge is 2.46. The maximum atomic E-state index is 12.8. The van der Waals surface area contributed by atoms with E-state index >= 15 is 0 Å². The van der Waals surface area contributed by atoms with E-state index in [-0.39, 0.29) is 17.7 Å². The second kappa shape index (κ2) is 10.7. The third-order valence-electron chi connectivity index (χ3n) is 8.45. The number of fused-ring (bicyclic) bond motifs is 1. The Balaban J connectivity index is 1.02. The topological polar surface area (TPSA) is 116 Å². The molecule has 7 rings (SSSR count). The fourth-order valence-corrected chi connectivity index (χ4v) is 5.75. The van der Waals surface area contributed by atoms with Crippen LogP contribution in [0.3, 0.4) is 0 Å². The van der Waals surface area contributed by atoms with E-state index in [0.29, 0.717) is 24.1 Å². The molecule has 4 aromatic rings. The molecule has 0 bridgehead atoms. The van der Waals surface area contributed by atoms with E-state index in [9.17, 15) is 4.79 Å². The number of aromatic nitrogens is 6. The number of piperazine rings is 1. The van der Waals surface area contributed by atoms with Gasteiger partial charge in [0.15, 0.2) is 5.65 Å². The van der Waals surface area contributed by atoms with Crippen molar-refractivity contribution in [3.63, 3.8) is 0 Å². The Morgan fingerprint density at radius 1 is 1.02 bits per heavy atom. The minimum absolute atomic E-state index is 0.0604. The molecule has 1 amide bonds. The van der Waals surface area contributed by atoms with Gasteiger partial charge >= 0.3 is 0 Å². The molecule has 4 aromatic heterocycles. The molecule has 3 fully saturated rings. The first-order valence-electron chi connectivity index (χ1n) is 14.7. The summed E-state index contributed by atoms with van der Waals surface area (Å²) in [5, 5.41) is 6.30. The van der Waals surface area contributed by atoms with E-state index in [4.69, 9.17) is 4.98 Å². The van der Waals surface area contributed by atoms with E-state index < -0.39 is 0 Å². The summed E-state index contributed by atoms with van der Waals surface area (Å²) in [7, 11) is 0. The number of nitrogens with one attached hydrogen (secondary N) is 2. The Morgan fingerprint density at radius 3 is 2.63 bits per heavy atom. The van der Waals surface area contributed by atoms with Gasteiger partial charge < -0.3 is 24.8 Å². The van der Waals surface area contributed by atoms with Crippen molar-refractivity contribution in [3.8, 4) is 0 Å². The third kappa shape index (κ3) is 5.58. The molecule has 1 saturated heterocycles. The van der Waals surface area contributed by atoms with Crippen LogP contribution >= 0.6 is 0 Å². The molecule has 2 aliphatic carbocycles. The van der Waals surface area contributed by atoms with Gasteiger partial charge in [0.2, 0.25) is 5.91 Å². The van der Waals surface area contributed by atoms with E-state index in [2.05, 4.69) is 70.2 Å². The average Bonchev–Trinajstić information content (AvgIpc) is 3.92. The lowest BCUT2D eigenvalue weighted by Crippen LogP contribution is -2.46. The molecular formula is C30H36N10O. The molecular weight excluding hydrogens is 516 g/mol. The van der Waals surface area contributed by atoms with Gasteiger partial charge in [0.05, 0.1) is 17.9 Å². The summed E-state index contributed by atoms with van der Waals surface area (Å²) in [6, 6.07) is 5.99. The molecule has 212 valence electrons. The highest BCUT2D eigenvalue weighted by molar-refractivity contribution is 5.94. The van der Waals surface area contributed by atoms with Crippen LogP contribution in [0, 0.1) is 12.8 Å². The Bertz CT molecular complexity index is 1570. The van der Waals surface area contributed by atoms with Crippen LogP contribution in [0.1, 0.15) is 60.8 Å². The molecule has 2 saturated carbocycles. The number of nitrogens with zero attached hydrogens (tertiary/aromatic N) is 8. The summed E-state index contributed by atoms with van der Waals surface area (Å²) in [5.74, 6) is 2.37. The molecule has 0 aromatic carbocycles. The maximum Gasteiger partial charge on any atom is 0.229 e. The van der Waals surface area contributed by atoms with Gasteiger partial charge in [-0.15, -0.1) is 0 Å². The van der Waals surface area contributed by atoms with E-state index in [0.717, 1.165) is 62.0 Å². The van der Waals surface area contributed by atoms with Crippen LogP contribution < -0.4 is 15.5 Å². The van der Waals surface area contributed by atoms with Crippen LogP contribution in [-0.4, -0.2) is 72.9 Å². The number of pyridine rings is 1. The van der Waals surface area contributed by atoms with Gasteiger partial charge in [0.25, 0.3) is 0 Å². The number of aryl methyl sites for hydroxylation is 1. The van der Waals surface area contributed by atoms with E-state index in [1.165, 1.54) is 30.4 Å². The van der Waals surface area contributed by atoms with Gasteiger partial charge in [-0.05, 0) is 56.3 Å². The second-order valence-corrected chi connectivity index (χ2v) is 11.5. The van der Waals surface area contributed by atoms with Crippen LogP contribution in [0.15, 0.2) is 43.1 Å². The second-order valence-electron chi connectivity index (χ2n) is 11.5. The van der Waals surface area contributed by atoms with Crippen molar-refractivity contribution in [2.75, 3.05) is 48.3 Å². The zero-order chi connectivity index (χ0) is 27.9. The van der Waals surface area contributed by atoms with Crippen molar-refractivity contribution in [2.24, 2.45) is 5.92 Å². The molecule has 1 aliphatic heterocycles. The number of carbonyl (C=O) groups is 1. The number of anilines is 3. The zero-order valence-electron chi connectivity index (χ0n) is 23.6. The summed E-state index contributed by atoms with van der Waals surface area (Å²) in [4.78, 5) is 40.3. The molecule has 11 heteroatoms. The summed E-state index contributed by atoms with van der Waals surface area (Å²) < 4.78 is 2.20. The predicted octanol–water partition coefficient (Wildman–Crippen LogP) is 3.60. The largest absolute Gasteiger partial charge is 0.366 e. The van der Waals surface area contributed by atoms with Gasteiger partial charge in [0, 0.05) is 68.4 Å². The van der Waals surface area contributed by atoms with Crippen molar-refractivity contribution in [3.05, 3.63) is 65.9 Å². The van der Waals surface area contributed by atoms with Crippen molar-refractivity contribution < 1.29 is 4.79 Å². The van der Waals surface area contributed by atoms with E-state index in [1.807, 2.05) is 13.0 Å². The van der Waals surface area contributed by atoms with Crippen LogP contribution in [0.5, 0.6) is 0 Å². The molecule has 41 heavy (non-hydrogen) atoms. The van der Waals surface area contributed by atoms with Crippen molar-refractivity contribution in [1.29, 1.82) is 0 Å². The summed E-state index contributed by atoms with van der Waals surface area (Å²) in [6.07, 6.45) is 10.9. The van der Waals surface area contributed by atoms with Crippen LogP contribution in [-0.2, 0) is 11.3 Å². The molecule has 2 atom stereocenters. The summed E-state index contributed by atoms with van der Waals surface area (Å²) in [5.41, 5.74) is 5.49. The normalized spacial score (nSPS) is 20.8. The lowest BCUT2D eigenvalue weighted by molar-refractivity contribution is -0.117. The first kappa shape index (κ1) is 25.8. The smallest absolute Gasteiger partial charge is 0.229 e. The van der Waals surface area contributed by atoms with Crippen LogP contribution in [0.25, 0.3) is 5.65 Å². The third-order valence-corrected chi connectivity index (χ3v) is 8.45. The molecule has 2 unspecified atom stereocenters. The number of imidazole rings is 1. The number of amides is 1. The fourth-order valence-electron chi connectivity index (χ4n) is 5.75. The lowest BCUT2D eigenvalue weighted by Gasteiger charge is -2.35. The fraction of sp³-hybridized carbons (Fsp3) is 0.467. The Morgan fingerprint density at radius 2 is 1.85 bits per heavy atom. The summed E-state index contributed by atoms with van der Waals surface area (Å²) in [6.45, 7) is 9.99. The van der Waals surface area contributed by atoms with Gasteiger partial charge in [-0.1, -0.05) is 6.92 Å². The Kier molecular flexibility index (Phi) is 6.74. The minimum Gasteiger partial charge on any atom is -0.366 e. The number of rotatable bonds is 9. The lowest BCUT2D eigenvalue weighted by atomic mass is 10.1. The molecule has 0 radical (unpaired) electrons. The monoisotopic (exact) mass is 552 g/mol. The highest BCUT2D eigenvalue weighted by Crippen LogP contribution is 2.46. The van der Waals surface area contributed by atoms with Crippen LogP contribution in [0.2, 0.25) is 0 Å². The van der Waals surface area contributed by atoms with Crippen molar-refractivity contribution >= 4 is 28.9 Å². The number of hydrogen-bond donors (Lipinski definition) is 2. The molecule has 3 aliphatic rings. The standard InChI is InChI=1S/C30H36N10O/c1-3-38-8-10-39(11-9-38)25-12-21(20-4-5-20)16-40-17-22(36-29(25)40)15-32-26-14-27(34-18-33-26)37-30(41)24-13-23(24)28-31-7-6-19(2)35-28/h6-7,12,14,16-18,20,23-24H,3-5,8-11,13,15H2,1-2H3,(H2,32,33,34,37,41). The first-order chi connectivity index (χ1) is 20.0. The number of likely N-dealkylation sites (N-methyl/N-ethyl adjacent to an activating group) is 1. The van der Waals surface area contributed by atoms with Crippen molar-refractivity contribution in [1.82, 2.24) is 34.2 Å². The van der Waals surface area contributed by atoms with Gasteiger partial charge in [-0.25, -0.2) is 24.9 Å². The predicted molar refractivity (Wildman–Crippen MR) is 157 cm³/mol. The number of carbonyl (C=O) groups excluding carboxylic acids is 1. The SMILES string of the molecule is CCN1CCN(c2cc(C3CC3)cn3cc(CNc4cc(NC(=O)C5CC5c5nccc(C)n5)ncn4)nc23)CC1. The maximum absolute atomic E-state index is 12.8. The summed E-state index contributed by atoms with van der Waals surface area (Å²) >= 11 is 0. The highest BCUT2D eigenvalue weighted by atomic mass is 16.2. The average molecular weight is 553 g/mol. The Hall–Kier alpha value is -4.12.